The van der Waals surface area contributed by atoms with E-state index in [1.54, 1.807) is 0 Å². The third-order valence-electron chi connectivity index (χ3n) is 6.73. The summed E-state index contributed by atoms with van der Waals surface area (Å²) in [5.74, 6) is 0. The molecule has 0 saturated carbocycles. The Balaban J connectivity index is 1.44. The van der Waals surface area contributed by atoms with Gasteiger partial charge in [0.05, 0.1) is 28.1 Å². The van der Waals surface area contributed by atoms with E-state index in [-0.39, 0.29) is 0 Å². The first-order valence-electron chi connectivity index (χ1n) is 12.3. The van der Waals surface area contributed by atoms with E-state index in [1.165, 1.54) is 5.39 Å². The van der Waals surface area contributed by atoms with E-state index in [1.807, 2.05) is 55.0 Å². The van der Waals surface area contributed by atoms with E-state index in [0.717, 1.165) is 55.9 Å². The van der Waals surface area contributed by atoms with Crippen LogP contribution < -0.4 is 0 Å². The van der Waals surface area contributed by atoms with E-state index >= 15 is 0 Å². The SMILES string of the molecule is c1ccc(-c2cc(-c3cccc(-n4c5ccccc5c5cnccc54)c3)cc(-c3ccccn3)n2)cc1. The lowest BCUT2D eigenvalue weighted by atomic mass is 10.0. The average Bonchev–Trinajstić information content (AvgIpc) is 3.32. The van der Waals surface area contributed by atoms with Gasteiger partial charge in [-0.2, -0.15) is 0 Å². The number of benzene rings is 3. The molecule has 7 aromatic rings. The Kier molecular flexibility index (Phi) is 5.07. The van der Waals surface area contributed by atoms with Crippen molar-refractivity contribution in [3.05, 3.63) is 134 Å². The maximum Gasteiger partial charge on any atom is 0.0899 e. The second kappa shape index (κ2) is 8.85. The number of pyridine rings is 3. The molecule has 0 N–H and O–H groups in total. The molecule has 174 valence electrons. The predicted octanol–water partition coefficient (Wildman–Crippen LogP) is 7.97. The Morgan fingerprint density at radius 1 is 0.486 bits per heavy atom. The number of nitrogens with zero attached hydrogens (tertiary/aromatic N) is 4. The minimum Gasteiger partial charge on any atom is -0.309 e. The maximum absolute atomic E-state index is 4.98. The monoisotopic (exact) mass is 474 g/mol. The molecule has 0 radical (unpaired) electrons. The van der Waals surface area contributed by atoms with Gasteiger partial charge in [0.2, 0.25) is 0 Å². The zero-order valence-corrected chi connectivity index (χ0v) is 20.0. The summed E-state index contributed by atoms with van der Waals surface area (Å²) in [5.41, 5.74) is 9.33. The van der Waals surface area contributed by atoms with Gasteiger partial charge in [0.25, 0.3) is 0 Å². The fourth-order valence-corrected chi connectivity index (χ4v) is 5.02. The van der Waals surface area contributed by atoms with Crippen LogP contribution in [0.3, 0.4) is 0 Å². The lowest BCUT2D eigenvalue weighted by Crippen LogP contribution is -1.95. The molecule has 37 heavy (non-hydrogen) atoms. The van der Waals surface area contributed by atoms with Crippen LogP contribution in [0.25, 0.3) is 61.3 Å². The molecule has 0 bridgehead atoms. The van der Waals surface area contributed by atoms with Gasteiger partial charge in [-0.15, -0.1) is 0 Å². The molecule has 0 aliphatic rings. The molecular weight excluding hydrogens is 452 g/mol. The molecule has 0 amide bonds. The fraction of sp³-hybridized carbons (Fsp3) is 0. The average molecular weight is 475 g/mol. The Morgan fingerprint density at radius 3 is 2.16 bits per heavy atom. The minimum atomic E-state index is 0.852. The van der Waals surface area contributed by atoms with E-state index in [0.29, 0.717) is 0 Å². The van der Waals surface area contributed by atoms with Crippen LogP contribution in [0.15, 0.2) is 134 Å². The molecule has 0 aliphatic carbocycles. The van der Waals surface area contributed by atoms with Gasteiger partial charge in [0.1, 0.15) is 0 Å². The summed E-state index contributed by atoms with van der Waals surface area (Å²) >= 11 is 0. The zero-order chi connectivity index (χ0) is 24.6. The number of aromatic nitrogens is 4. The molecule has 0 saturated heterocycles. The highest BCUT2D eigenvalue weighted by Gasteiger charge is 2.14. The highest BCUT2D eigenvalue weighted by atomic mass is 15.0. The molecule has 0 atom stereocenters. The predicted molar refractivity (Wildman–Crippen MR) is 150 cm³/mol. The summed E-state index contributed by atoms with van der Waals surface area (Å²) in [7, 11) is 0. The summed E-state index contributed by atoms with van der Waals surface area (Å²) in [4.78, 5) is 13.9. The van der Waals surface area contributed by atoms with Crippen molar-refractivity contribution in [2.75, 3.05) is 0 Å². The van der Waals surface area contributed by atoms with Gasteiger partial charge in [0, 0.05) is 40.6 Å². The number of hydrogen-bond donors (Lipinski definition) is 0. The molecular formula is C33H22N4. The van der Waals surface area contributed by atoms with Crippen LogP contribution in [0.5, 0.6) is 0 Å². The molecule has 7 rings (SSSR count). The normalized spacial score (nSPS) is 11.2. The van der Waals surface area contributed by atoms with E-state index in [2.05, 4.69) is 93.4 Å². The summed E-state index contributed by atoms with van der Waals surface area (Å²) in [6.45, 7) is 0. The van der Waals surface area contributed by atoms with Crippen LogP contribution in [-0.4, -0.2) is 19.5 Å². The van der Waals surface area contributed by atoms with Crippen LogP contribution in [-0.2, 0) is 0 Å². The second-order valence-corrected chi connectivity index (χ2v) is 9.00. The van der Waals surface area contributed by atoms with Gasteiger partial charge in [-0.05, 0) is 59.7 Å². The topological polar surface area (TPSA) is 43.6 Å². The van der Waals surface area contributed by atoms with Gasteiger partial charge >= 0.3 is 0 Å². The molecule has 4 nitrogen and oxygen atoms in total. The Labute approximate surface area is 214 Å². The van der Waals surface area contributed by atoms with Crippen molar-refractivity contribution in [1.29, 1.82) is 0 Å². The van der Waals surface area contributed by atoms with Gasteiger partial charge in [-0.1, -0.05) is 66.7 Å². The molecule has 4 heterocycles. The van der Waals surface area contributed by atoms with Crippen LogP contribution >= 0.6 is 0 Å². The molecule has 0 aliphatic heterocycles. The van der Waals surface area contributed by atoms with Crippen LogP contribution in [0.4, 0.5) is 0 Å². The molecule has 0 fully saturated rings. The van der Waals surface area contributed by atoms with E-state index in [4.69, 9.17) is 4.98 Å². The van der Waals surface area contributed by atoms with Crippen molar-refractivity contribution >= 4 is 21.8 Å². The third kappa shape index (κ3) is 3.76. The lowest BCUT2D eigenvalue weighted by Gasteiger charge is -2.12. The summed E-state index contributed by atoms with van der Waals surface area (Å²) < 4.78 is 2.31. The Bertz CT molecular complexity index is 1760. The number of fused-ring (bicyclic) bond motifs is 3. The number of rotatable bonds is 4. The van der Waals surface area contributed by atoms with Gasteiger partial charge < -0.3 is 4.57 Å². The molecule has 4 aromatic heterocycles. The first kappa shape index (κ1) is 21.2. The fourth-order valence-electron chi connectivity index (χ4n) is 5.02. The maximum atomic E-state index is 4.98. The van der Waals surface area contributed by atoms with Crippen molar-refractivity contribution in [2.24, 2.45) is 0 Å². The van der Waals surface area contributed by atoms with Crippen molar-refractivity contribution in [1.82, 2.24) is 19.5 Å². The van der Waals surface area contributed by atoms with Gasteiger partial charge in [-0.3, -0.25) is 9.97 Å². The first-order chi connectivity index (χ1) is 18.3. The lowest BCUT2D eigenvalue weighted by molar-refractivity contribution is 1.17. The van der Waals surface area contributed by atoms with Crippen molar-refractivity contribution in [3.8, 4) is 39.5 Å². The quantitative estimate of drug-likeness (QED) is 0.260. The standard InChI is InChI=1S/C33H22N4/c1-2-9-23(10-3-1)30-20-25(21-31(36-30)29-14-6-7-17-35-29)24-11-8-12-26(19-24)37-32-15-5-4-13-27(32)28-22-34-18-16-33(28)37/h1-22H. The number of hydrogen-bond acceptors (Lipinski definition) is 3. The van der Waals surface area contributed by atoms with Crippen molar-refractivity contribution in [2.45, 2.75) is 0 Å². The van der Waals surface area contributed by atoms with Crippen LogP contribution in [0.2, 0.25) is 0 Å². The molecule has 0 unspecified atom stereocenters. The summed E-state index contributed by atoms with van der Waals surface area (Å²) in [5, 5.41) is 2.35. The summed E-state index contributed by atoms with van der Waals surface area (Å²) in [6.07, 6.45) is 5.62. The second-order valence-electron chi connectivity index (χ2n) is 9.00. The van der Waals surface area contributed by atoms with Gasteiger partial charge in [0.15, 0.2) is 0 Å². The van der Waals surface area contributed by atoms with E-state index in [9.17, 15) is 0 Å². The first-order valence-corrected chi connectivity index (χ1v) is 12.3. The molecule has 0 spiro atoms. The number of para-hydroxylation sites is 1. The Morgan fingerprint density at radius 2 is 1.27 bits per heavy atom. The van der Waals surface area contributed by atoms with Gasteiger partial charge in [-0.25, -0.2) is 4.98 Å². The highest BCUT2D eigenvalue weighted by molar-refractivity contribution is 6.08. The van der Waals surface area contributed by atoms with Crippen LogP contribution in [0.1, 0.15) is 0 Å². The minimum absolute atomic E-state index is 0.852. The molecule has 3 aromatic carbocycles. The Hall–Kier alpha value is -5.09. The van der Waals surface area contributed by atoms with Crippen molar-refractivity contribution < 1.29 is 0 Å². The zero-order valence-electron chi connectivity index (χ0n) is 20.0. The summed E-state index contributed by atoms with van der Waals surface area (Å²) in [6, 6.07) is 39.8. The smallest absolute Gasteiger partial charge is 0.0899 e. The van der Waals surface area contributed by atoms with Crippen molar-refractivity contribution in [3.63, 3.8) is 0 Å². The van der Waals surface area contributed by atoms with E-state index < -0.39 is 0 Å². The largest absolute Gasteiger partial charge is 0.309 e. The highest BCUT2D eigenvalue weighted by Crippen LogP contribution is 2.34. The molecule has 4 heteroatoms. The third-order valence-corrected chi connectivity index (χ3v) is 6.73. The van der Waals surface area contributed by atoms with Crippen LogP contribution in [0, 0.1) is 0 Å².